The van der Waals surface area contributed by atoms with Crippen molar-refractivity contribution in [2.45, 2.75) is 0 Å². The second kappa shape index (κ2) is 3.32. The van der Waals surface area contributed by atoms with Crippen LogP contribution in [-0.2, 0) is 4.57 Å². The molecule has 1 aromatic carbocycles. The lowest BCUT2D eigenvalue weighted by Gasteiger charge is -2.11. The van der Waals surface area contributed by atoms with Gasteiger partial charge < -0.3 is 10.3 Å². The minimum absolute atomic E-state index is 0.0417. The highest BCUT2D eigenvalue weighted by molar-refractivity contribution is 7.70. The van der Waals surface area contributed by atoms with E-state index in [0.29, 0.717) is 0 Å². The van der Waals surface area contributed by atoms with Gasteiger partial charge >= 0.3 is 0 Å². The van der Waals surface area contributed by atoms with Gasteiger partial charge in [-0.15, -0.1) is 0 Å². The average Bonchev–Trinajstić information content (AvgIpc) is 1.95. The first kappa shape index (κ1) is 10.6. The first-order chi connectivity index (χ1) is 5.84. The molecule has 0 aromatic heterocycles. The van der Waals surface area contributed by atoms with E-state index in [2.05, 4.69) is 0 Å². The minimum atomic E-state index is -2.70. The summed E-state index contributed by atoms with van der Waals surface area (Å²) >= 11 is 5.54. The zero-order valence-corrected chi connectivity index (χ0v) is 8.99. The molecule has 0 saturated carbocycles. The first-order valence-electron chi connectivity index (χ1n) is 3.63. The van der Waals surface area contributed by atoms with Crippen LogP contribution < -0.4 is 11.0 Å². The van der Waals surface area contributed by atoms with Gasteiger partial charge in [0.25, 0.3) is 0 Å². The maximum atomic E-state index is 13.4. The summed E-state index contributed by atoms with van der Waals surface area (Å²) in [4.78, 5) is 0. The Morgan fingerprint density at radius 3 is 2.38 bits per heavy atom. The van der Waals surface area contributed by atoms with E-state index in [9.17, 15) is 8.96 Å². The third-order valence-electron chi connectivity index (χ3n) is 1.64. The Morgan fingerprint density at radius 1 is 1.46 bits per heavy atom. The number of nitrogens with two attached hydrogens (primary N) is 1. The van der Waals surface area contributed by atoms with Crippen molar-refractivity contribution in [3.8, 4) is 0 Å². The maximum Gasteiger partial charge on any atom is 0.154 e. The highest BCUT2D eigenvalue weighted by Gasteiger charge is 2.21. The van der Waals surface area contributed by atoms with E-state index in [1.54, 1.807) is 0 Å². The molecule has 0 aliphatic rings. The molecule has 0 fully saturated rings. The molecular formula is C8H10ClFNOP. The Balaban J connectivity index is 3.52. The van der Waals surface area contributed by atoms with E-state index in [1.807, 2.05) is 0 Å². The predicted octanol–water partition coefficient (Wildman–Crippen LogP) is 2.31. The molecule has 0 radical (unpaired) electrons. The van der Waals surface area contributed by atoms with Gasteiger partial charge in [-0.2, -0.15) is 0 Å². The van der Waals surface area contributed by atoms with E-state index in [0.717, 1.165) is 0 Å². The van der Waals surface area contributed by atoms with Crippen molar-refractivity contribution >= 4 is 29.7 Å². The lowest BCUT2D eigenvalue weighted by atomic mass is 10.3. The second-order valence-corrected chi connectivity index (χ2v) is 6.71. The van der Waals surface area contributed by atoms with Crippen molar-refractivity contribution in [1.29, 1.82) is 0 Å². The van der Waals surface area contributed by atoms with Gasteiger partial charge in [-0.1, -0.05) is 11.6 Å². The van der Waals surface area contributed by atoms with Crippen LogP contribution >= 0.6 is 18.7 Å². The molecule has 0 heterocycles. The Hall–Kier alpha value is -0.530. The lowest BCUT2D eigenvalue weighted by molar-refractivity contribution is 0.585. The first-order valence-corrected chi connectivity index (χ1v) is 6.61. The largest absolute Gasteiger partial charge is 0.398 e. The molecule has 13 heavy (non-hydrogen) atoms. The van der Waals surface area contributed by atoms with Crippen molar-refractivity contribution in [2.24, 2.45) is 0 Å². The number of rotatable bonds is 1. The average molecular weight is 222 g/mol. The summed E-state index contributed by atoms with van der Waals surface area (Å²) in [7, 11) is -2.70. The van der Waals surface area contributed by atoms with E-state index < -0.39 is 13.0 Å². The molecule has 0 spiro atoms. The smallest absolute Gasteiger partial charge is 0.154 e. The Bertz CT molecular complexity index is 388. The van der Waals surface area contributed by atoms with Crippen molar-refractivity contribution in [2.75, 3.05) is 19.1 Å². The predicted molar refractivity (Wildman–Crippen MR) is 54.9 cm³/mol. The van der Waals surface area contributed by atoms with Crippen LogP contribution in [0.3, 0.4) is 0 Å². The molecule has 0 aliphatic heterocycles. The fourth-order valence-electron chi connectivity index (χ4n) is 1.10. The molecular weight excluding hydrogens is 212 g/mol. The summed E-state index contributed by atoms with van der Waals surface area (Å²) in [5, 5.41) is -0.00637. The Morgan fingerprint density at radius 2 is 2.00 bits per heavy atom. The summed E-state index contributed by atoms with van der Waals surface area (Å²) in [6.07, 6.45) is 0. The molecule has 0 unspecified atom stereocenters. The molecule has 5 heteroatoms. The third-order valence-corrected chi connectivity index (χ3v) is 3.46. The summed E-state index contributed by atoms with van der Waals surface area (Å²) in [6.45, 7) is 2.91. The highest BCUT2D eigenvalue weighted by atomic mass is 35.5. The molecule has 72 valence electrons. The summed E-state index contributed by atoms with van der Waals surface area (Å²) in [6, 6.07) is 2.81. The fraction of sp³-hybridized carbons (Fsp3) is 0.250. The molecule has 0 atom stereocenters. The molecule has 0 bridgehead atoms. The summed E-state index contributed by atoms with van der Waals surface area (Å²) in [5.41, 5.74) is 5.70. The van der Waals surface area contributed by atoms with Gasteiger partial charge in [-0.25, -0.2) is 4.39 Å². The molecule has 0 amide bonds. The summed E-state index contributed by atoms with van der Waals surface area (Å²) < 4.78 is 25.0. The van der Waals surface area contributed by atoms with Gasteiger partial charge in [0.05, 0.1) is 10.3 Å². The van der Waals surface area contributed by atoms with Crippen LogP contribution in [-0.4, -0.2) is 13.3 Å². The summed E-state index contributed by atoms with van der Waals surface area (Å²) in [5.74, 6) is -0.671. The fourth-order valence-corrected chi connectivity index (χ4v) is 2.62. The van der Waals surface area contributed by atoms with E-state index >= 15 is 0 Å². The van der Waals surface area contributed by atoms with Crippen LogP contribution in [0.4, 0.5) is 10.1 Å². The number of benzene rings is 1. The Kier molecular flexibility index (Phi) is 2.69. The number of nitrogen functional groups attached to an aromatic ring is 1. The molecule has 0 saturated heterocycles. The second-order valence-electron chi connectivity index (χ2n) is 3.15. The van der Waals surface area contributed by atoms with Gasteiger partial charge in [-0.05, 0) is 25.5 Å². The molecule has 2 N–H and O–H groups in total. The van der Waals surface area contributed by atoms with Crippen LogP contribution in [0.5, 0.6) is 0 Å². The van der Waals surface area contributed by atoms with Crippen LogP contribution in [0.25, 0.3) is 0 Å². The number of hydrogen-bond donors (Lipinski definition) is 1. The number of halogens is 2. The molecule has 2 nitrogen and oxygen atoms in total. The minimum Gasteiger partial charge on any atom is -0.398 e. The normalized spacial score (nSPS) is 11.7. The molecule has 1 rings (SSSR count). The SMILES string of the molecule is CP(C)(=O)c1c(N)ccc(Cl)c1F. The van der Waals surface area contributed by atoms with Crippen molar-refractivity contribution < 1.29 is 8.96 Å². The van der Waals surface area contributed by atoms with Gasteiger partial charge in [0.1, 0.15) is 7.14 Å². The highest BCUT2D eigenvalue weighted by Crippen LogP contribution is 2.39. The van der Waals surface area contributed by atoms with Crippen LogP contribution in [0.2, 0.25) is 5.02 Å². The van der Waals surface area contributed by atoms with Gasteiger partial charge in [0, 0.05) is 5.69 Å². The monoisotopic (exact) mass is 221 g/mol. The van der Waals surface area contributed by atoms with Crippen molar-refractivity contribution in [3.05, 3.63) is 23.0 Å². The molecule has 1 aromatic rings. The van der Waals surface area contributed by atoms with Crippen LogP contribution in [0, 0.1) is 5.82 Å². The van der Waals surface area contributed by atoms with Crippen LogP contribution in [0.15, 0.2) is 12.1 Å². The standard InChI is InChI=1S/C8H10ClFNOP/c1-13(2,12)8-6(11)4-3-5(9)7(8)10/h3-4H,11H2,1-2H3. The zero-order chi connectivity index (χ0) is 10.2. The molecule has 0 aliphatic carbocycles. The Labute approximate surface area is 81.3 Å². The van der Waals surface area contributed by atoms with Gasteiger partial charge in [0.2, 0.25) is 0 Å². The van der Waals surface area contributed by atoms with E-state index in [4.69, 9.17) is 17.3 Å². The lowest BCUT2D eigenvalue weighted by Crippen LogP contribution is -2.14. The zero-order valence-electron chi connectivity index (χ0n) is 7.34. The van der Waals surface area contributed by atoms with E-state index in [1.165, 1.54) is 25.5 Å². The van der Waals surface area contributed by atoms with Gasteiger partial charge in [0.15, 0.2) is 5.82 Å². The third kappa shape index (κ3) is 2.04. The number of anilines is 1. The topological polar surface area (TPSA) is 43.1 Å². The maximum absolute atomic E-state index is 13.4. The van der Waals surface area contributed by atoms with E-state index in [-0.39, 0.29) is 16.0 Å². The quantitative estimate of drug-likeness (QED) is 0.584. The van der Waals surface area contributed by atoms with Crippen LogP contribution in [0.1, 0.15) is 0 Å². The number of hydrogen-bond acceptors (Lipinski definition) is 2. The van der Waals surface area contributed by atoms with Crippen molar-refractivity contribution in [3.63, 3.8) is 0 Å². The van der Waals surface area contributed by atoms with Crippen molar-refractivity contribution in [1.82, 2.24) is 0 Å². The van der Waals surface area contributed by atoms with Gasteiger partial charge in [-0.3, -0.25) is 0 Å².